The maximum absolute atomic E-state index is 11.9. The minimum atomic E-state index is -1.84. The molecule has 0 spiro atoms. The first-order valence-corrected chi connectivity index (χ1v) is 10.8. The van der Waals surface area contributed by atoms with Gasteiger partial charge in [-0.05, 0) is 18.1 Å². The van der Waals surface area contributed by atoms with Crippen LogP contribution < -0.4 is 11.4 Å². The smallest absolute Gasteiger partial charge is 0.354 e. The first kappa shape index (κ1) is 19.0. The molecule has 10 heteroatoms. The van der Waals surface area contributed by atoms with Crippen molar-refractivity contribution in [1.29, 1.82) is 0 Å². The average Bonchev–Trinajstić information content (AvgIpc) is 2.85. The van der Waals surface area contributed by atoms with Crippen LogP contribution in [0.2, 0.25) is 18.1 Å². The molecule has 0 aromatic carbocycles. The van der Waals surface area contributed by atoms with Gasteiger partial charge in [-0.15, -0.1) is 0 Å². The molecule has 0 saturated carbocycles. The lowest BCUT2D eigenvalue weighted by atomic mass is 10.1. The molecule has 9 nitrogen and oxygen atoms in total. The Kier molecular flexibility index (Phi) is 6.10. The zero-order valence-corrected chi connectivity index (χ0v) is 15.3. The molecule has 4 atom stereocenters. The van der Waals surface area contributed by atoms with Gasteiger partial charge in [-0.1, -0.05) is 20.8 Å². The molecule has 0 radical (unpaired) electrons. The van der Waals surface area contributed by atoms with Crippen molar-refractivity contribution in [3.8, 4) is 0 Å². The van der Waals surface area contributed by atoms with Crippen molar-refractivity contribution in [1.82, 2.24) is 14.5 Å². The number of nitrogens with zero attached hydrogens (tertiary/aromatic N) is 3. The molecule has 0 amide bonds. The Morgan fingerprint density at radius 3 is 2.46 bits per heavy atom. The third-order valence-corrected chi connectivity index (χ3v) is 9.49. The van der Waals surface area contributed by atoms with E-state index in [4.69, 9.17) is 14.9 Å². The Morgan fingerprint density at radius 1 is 1.29 bits per heavy atom. The molecule has 0 unspecified atom stereocenters. The molecule has 0 aliphatic carbocycles. The third kappa shape index (κ3) is 3.67. The van der Waals surface area contributed by atoms with Gasteiger partial charge in [0.2, 0.25) is 5.95 Å². The summed E-state index contributed by atoms with van der Waals surface area (Å²) in [6.07, 6.45) is -3.06. The van der Waals surface area contributed by atoms with E-state index in [1.807, 2.05) is 0 Å². The summed E-state index contributed by atoms with van der Waals surface area (Å²) in [5.74, 6) is -0.159. The fourth-order valence-corrected chi connectivity index (χ4v) is 5.57. The van der Waals surface area contributed by atoms with Gasteiger partial charge in [0.25, 0.3) is 0 Å². The molecule has 2 heterocycles. The number of aliphatic hydroxyl groups excluding tert-OH is 2. The molecule has 136 valence electrons. The Labute approximate surface area is 141 Å². The highest BCUT2D eigenvalue weighted by molar-refractivity contribution is 6.73. The van der Waals surface area contributed by atoms with Crippen LogP contribution in [0.3, 0.4) is 0 Å². The third-order valence-electron chi connectivity index (χ3n) is 4.84. The van der Waals surface area contributed by atoms with E-state index in [0.717, 1.165) is 29.0 Å². The molecule has 2 rings (SSSR count). The second kappa shape index (κ2) is 7.70. The van der Waals surface area contributed by atoms with Crippen LogP contribution in [-0.2, 0) is 9.16 Å². The predicted molar refractivity (Wildman–Crippen MR) is 89.8 cm³/mol. The summed E-state index contributed by atoms with van der Waals surface area (Å²) in [7, 11) is -1.84. The first-order valence-electron chi connectivity index (χ1n) is 8.23. The SMILES string of the molecule is CC[Si](CC)(CC)OC[C@H]1O[C@@H](n2cnc(N)nc2=O)[C@H](O)[C@@H]1O. The van der Waals surface area contributed by atoms with Crippen molar-refractivity contribution >= 4 is 14.3 Å². The van der Waals surface area contributed by atoms with Crippen molar-refractivity contribution < 1.29 is 19.4 Å². The monoisotopic (exact) mass is 358 g/mol. The molecule has 1 saturated heterocycles. The number of hydrogen-bond donors (Lipinski definition) is 3. The zero-order chi connectivity index (χ0) is 17.9. The van der Waals surface area contributed by atoms with Crippen LogP contribution >= 0.6 is 0 Å². The number of nitrogens with two attached hydrogens (primary N) is 1. The number of anilines is 1. The molecular weight excluding hydrogens is 332 g/mol. The number of rotatable bonds is 7. The van der Waals surface area contributed by atoms with Gasteiger partial charge in [-0.2, -0.15) is 4.98 Å². The van der Waals surface area contributed by atoms with Crippen LogP contribution in [0.25, 0.3) is 0 Å². The Hall–Kier alpha value is -1.33. The summed E-state index contributed by atoms with van der Waals surface area (Å²) in [5, 5.41) is 20.4. The minimum Gasteiger partial charge on any atom is -0.414 e. The van der Waals surface area contributed by atoms with Crippen LogP contribution in [0.5, 0.6) is 0 Å². The van der Waals surface area contributed by atoms with E-state index in [9.17, 15) is 15.0 Å². The number of hydrogen-bond acceptors (Lipinski definition) is 8. The predicted octanol–water partition coefficient (Wildman–Crippen LogP) is -0.138. The lowest BCUT2D eigenvalue weighted by Gasteiger charge is -2.29. The number of ether oxygens (including phenoxy) is 1. The van der Waals surface area contributed by atoms with Crippen LogP contribution in [0.4, 0.5) is 5.95 Å². The Balaban J connectivity index is 2.11. The van der Waals surface area contributed by atoms with Gasteiger partial charge in [0, 0.05) is 0 Å². The van der Waals surface area contributed by atoms with Gasteiger partial charge in [0.1, 0.15) is 24.6 Å². The lowest BCUT2D eigenvalue weighted by molar-refractivity contribution is -0.0533. The number of nitrogen functional groups attached to an aromatic ring is 1. The van der Waals surface area contributed by atoms with E-state index in [2.05, 4.69) is 30.7 Å². The summed E-state index contributed by atoms with van der Waals surface area (Å²) in [4.78, 5) is 19.1. The Morgan fingerprint density at radius 2 is 1.92 bits per heavy atom. The number of aromatic nitrogens is 3. The quantitative estimate of drug-likeness (QED) is 0.574. The van der Waals surface area contributed by atoms with E-state index >= 15 is 0 Å². The van der Waals surface area contributed by atoms with Crippen LogP contribution in [0.1, 0.15) is 27.0 Å². The highest BCUT2D eigenvalue weighted by Crippen LogP contribution is 2.30. The summed E-state index contributed by atoms with van der Waals surface area (Å²) in [6, 6.07) is 2.92. The van der Waals surface area contributed by atoms with Crippen molar-refractivity contribution in [2.75, 3.05) is 12.3 Å². The van der Waals surface area contributed by atoms with Gasteiger partial charge >= 0.3 is 5.69 Å². The molecule has 4 N–H and O–H groups in total. The zero-order valence-electron chi connectivity index (χ0n) is 14.3. The highest BCUT2D eigenvalue weighted by atomic mass is 28.4. The van der Waals surface area contributed by atoms with E-state index in [1.54, 1.807) is 0 Å². The fourth-order valence-electron chi connectivity index (χ4n) is 2.94. The van der Waals surface area contributed by atoms with Crippen molar-refractivity contribution in [3.05, 3.63) is 16.8 Å². The Bertz CT molecular complexity index is 601. The molecule has 1 fully saturated rings. The van der Waals surface area contributed by atoms with Crippen molar-refractivity contribution in [3.63, 3.8) is 0 Å². The average molecular weight is 358 g/mol. The van der Waals surface area contributed by atoms with Gasteiger partial charge in [-0.3, -0.25) is 4.57 Å². The fraction of sp³-hybridized carbons (Fsp3) is 0.786. The number of aliphatic hydroxyl groups is 2. The second-order valence-corrected chi connectivity index (χ2v) is 10.8. The maximum atomic E-state index is 11.9. The van der Waals surface area contributed by atoms with Gasteiger partial charge in [-0.25, -0.2) is 9.78 Å². The van der Waals surface area contributed by atoms with Gasteiger partial charge in [0.15, 0.2) is 14.5 Å². The van der Waals surface area contributed by atoms with Crippen LogP contribution in [0.15, 0.2) is 11.1 Å². The molecule has 0 bridgehead atoms. The van der Waals surface area contributed by atoms with Gasteiger partial charge < -0.3 is 25.1 Å². The van der Waals surface area contributed by atoms with Crippen molar-refractivity contribution in [2.45, 2.75) is 63.4 Å². The molecular formula is C14H26N4O5Si. The summed E-state index contributed by atoms with van der Waals surface area (Å²) in [5.41, 5.74) is 4.66. The largest absolute Gasteiger partial charge is 0.414 e. The topological polar surface area (TPSA) is 133 Å². The molecule has 1 aromatic rings. The molecule has 1 aromatic heterocycles. The summed E-state index contributed by atoms with van der Waals surface area (Å²) in [6.45, 7) is 6.50. The molecule has 1 aliphatic heterocycles. The van der Waals surface area contributed by atoms with E-state index in [-0.39, 0.29) is 12.6 Å². The van der Waals surface area contributed by atoms with E-state index < -0.39 is 38.5 Å². The lowest BCUT2D eigenvalue weighted by Crippen LogP contribution is -2.41. The normalized spacial score (nSPS) is 27.5. The summed E-state index contributed by atoms with van der Waals surface area (Å²) < 4.78 is 12.8. The first-order chi connectivity index (χ1) is 11.4. The standard InChI is InChI=1S/C14H26N4O5Si/c1-4-24(5-2,6-3)22-7-9-10(19)11(20)12(23-9)18-8-16-13(15)17-14(18)21/h8-12,19-20H,4-7H2,1-3H3,(H2,15,17,21)/t9-,10-,11-,12-/m1/s1. The second-order valence-electron chi connectivity index (χ2n) is 6.01. The van der Waals surface area contributed by atoms with Crippen molar-refractivity contribution in [2.24, 2.45) is 0 Å². The van der Waals surface area contributed by atoms with E-state index in [0.29, 0.717) is 0 Å². The summed E-state index contributed by atoms with van der Waals surface area (Å²) >= 11 is 0. The molecule has 1 aliphatic rings. The molecule has 24 heavy (non-hydrogen) atoms. The maximum Gasteiger partial charge on any atom is 0.354 e. The van der Waals surface area contributed by atoms with Crippen LogP contribution in [-0.4, -0.2) is 58.0 Å². The van der Waals surface area contributed by atoms with Crippen LogP contribution in [0, 0.1) is 0 Å². The van der Waals surface area contributed by atoms with E-state index in [1.165, 1.54) is 0 Å². The minimum absolute atomic E-state index is 0.159. The van der Waals surface area contributed by atoms with Gasteiger partial charge in [0.05, 0.1) is 6.61 Å². The highest BCUT2D eigenvalue weighted by Gasteiger charge is 2.45.